The number of nitrogens with zero attached hydrogens (tertiary/aromatic N) is 1. The summed E-state index contributed by atoms with van der Waals surface area (Å²) in [6.07, 6.45) is 4.14. The molecule has 18 heavy (non-hydrogen) atoms. The van der Waals surface area contributed by atoms with Crippen molar-refractivity contribution in [1.82, 2.24) is 4.90 Å². The van der Waals surface area contributed by atoms with Gasteiger partial charge in [-0.15, -0.1) is 0 Å². The van der Waals surface area contributed by atoms with Crippen LogP contribution in [0, 0.1) is 5.41 Å². The van der Waals surface area contributed by atoms with Gasteiger partial charge in [-0.2, -0.15) is 0 Å². The molecular formula is C14H27NO3. The molecule has 4 heteroatoms. The second kappa shape index (κ2) is 6.64. The third-order valence-electron chi connectivity index (χ3n) is 4.23. The van der Waals surface area contributed by atoms with Gasteiger partial charge in [-0.05, 0) is 19.9 Å². The zero-order chi connectivity index (χ0) is 13.6. The van der Waals surface area contributed by atoms with Crippen LogP contribution in [-0.2, 0) is 9.53 Å². The number of hydrogen-bond acceptors (Lipinski definition) is 4. The van der Waals surface area contributed by atoms with Crippen LogP contribution in [0.5, 0.6) is 0 Å². The highest BCUT2D eigenvalue weighted by molar-refractivity contribution is 5.59. The average molecular weight is 257 g/mol. The highest BCUT2D eigenvalue weighted by atomic mass is 16.5. The summed E-state index contributed by atoms with van der Waals surface area (Å²) >= 11 is 0. The van der Waals surface area contributed by atoms with Gasteiger partial charge in [-0.3, -0.25) is 0 Å². The third-order valence-corrected chi connectivity index (χ3v) is 4.23. The Morgan fingerprint density at radius 3 is 2.33 bits per heavy atom. The third kappa shape index (κ3) is 4.04. The van der Waals surface area contributed by atoms with E-state index in [2.05, 4.69) is 18.7 Å². The fourth-order valence-corrected chi connectivity index (χ4v) is 2.68. The van der Waals surface area contributed by atoms with E-state index < -0.39 is 5.60 Å². The highest BCUT2D eigenvalue weighted by Crippen LogP contribution is 2.27. The van der Waals surface area contributed by atoms with E-state index in [4.69, 9.17) is 4.74 Å². The molecule has 0 aromatic heterocycles. The Morgan fingerprint density at radius 1 is 1.33 bits per heavy atom. The minimum atomic E-state index is -0.650. The monoisotopic (exact) mass is 257 g/mol. The Hall–Kier alpha value is -0.450. The van der Waals surface area contributed by atoms with E-state index in [1.807, 2.05) is 7.05 Å². The number of hydrogen-bond donors (Lipinski definition) is 1. The predicted molar refractivity (Wildman–Crippen MR) is 71.6 cm³/mol. The van der Waals surface area contributed by atoms with E-state index in [9.17, 15) is 9.90 Å². The van der Waals surface area contributed by atoms with Crippen LogP contribution in [0.4, 0.5) is 0 Å². The van der Waals surface area contributed by atoms with E-state index in [0.717, 1.165) is 19.1 Å². The van der Waals surface area contributed by atoms with Crippen molar-refractivity contribution in [2.75, 3.05) is 33.4 Å². The highest BCUT2D eigenvalue weighted by Gasteiger charge is 2.34. The number of aliphatic hydroxyl groups is 1. The van der Waals surface area contributed by atoms with Crippen molar-refractivity contribution in [2.45, 2.75) is 45.1 Å². The summed E-state index contributed by atoms with van der Waals surface area (Å²) in [6, 6.07) is 0. The lowest BCUT2D eigenvalue weighted by molar-refractivity contribution is -0.119. The molecule has 0 amide bonds. The van der Waals surface area contributed by atoms with Crippen molar-refractivity contribution in [3.63, 3.8) is 0 Å². The molecule has 106 valence electrons. The summed E-state index contributed by atoms with van der Waals surface area (Å²) in [4.78, 5) is 13.4. The SMILES string of the molecule is CCC(C=O)(CC)CN(C)CC1(O)CCOCC1. The predicted octanol–water partition coefficient (Wildman–Crippen LogP) is 1.46. The molecule has 0 aromatic rings. The fraction of sp³-hybridized carbons (Fsp3) is 0.929. The van der Waals surface area contributed by atoms with Gasteiger partial charge >= 0.3 is 0 Å². The van der Waals surface area contributed by atoms with Crippen molar-refractivity contribution >= 4 is 6.29 Å². The summed E-state index contributed by atoms with van der Waals surface area (Å²) < 4.78 is 5.28. The van der Waals surface area contributed by atoms with Crippen LogP contribution in [0.25, 0.3) is 0 Å². The molecule has 0 atom stereocenters. The van der Waals surface area contributed by atoms with Crippen LogP contribution >= 0.6 is 0 Å². The zero-order valence-electron chi connectivity index (χ0n) is 11.9. The molecule has 0 aliphatic carbocycles. The molecule has 1 N–H and O–H groups in total. The topological polar surface area (TPSA) is 49.8 Å². The zero-order valence-corrected chi connectivity index (χ0v) is 11.9. The standard InChI is InChI=1S/C14H27NO3/c1-4-13(5-2,12-16)10-15(3)11-14(17)6-8-18-9-7-14/h12,17H,4-11H2,1-3H3. The second-order valence-electron chi connectivity index (χ2n) is 5.70. The summed E-state index contributed by atoms with van der Waals surface area (Å²) in [5.74, 6) is 0. The summed E-state index contributed by atoms with van der Waals surface area (Å²) in [5, 5.41) is 10.4. The molecule has 0 aromatic carbocycles. The Bertz CT molecular complexity index is 258. The maximum Gasteiger partial charge on any atom is 0.127 e. The van der Waals surface area contributed by atoms with Crippen molar-refractivity contribution < 1.29 is 14.6 Å². The molecule has 1 heterocycles. The molecular weight excluding hydrogens is 230 g/mol. The van der Waals surface area contributed by atoms with Gasteiger partial charge in [0.25, 0.3) is 0 Å². The summed E-state index contributed by atoms with van der Waals surface area (Å²) in [5.41, 5.74) is -0.917. The van der Waals surface area contributed by atoms with Crippen LogP contribution in [0.15, 0.2) is 0 Å². The molecule has 1 aliphatic rings. The molecule has 1 aliphatic heterocycles. The average Bonchev–Trinajstić information content (AvgIpc) is 2.36. The van der Waals surface area contributed by atoms with Crippen LogP contribution in [-0.4, -0.2) is 55.2 Å². The normalized spacial score (nSPS) is 20.1. The van der Waals surface area contributed by atoms with E-state index in [1.165, 1.54) is 0 Å². The van der Waals surface area contributed by atoms with Gasteiger partial charge < -0.3 is 19.5 Å². The molecule has 1 saturated heterocycles. The molecule has 4 nitrogen and oxygen atoms in total. The van der Waals surface area contributed by atoms with Crippen LogP contribution in [0.1, 0.15) is 39.5 Å². The first-order valence-corrected chi connectivity index (χ1v) is 6.94. The van der Waals surface area contributed by atoms with Gasteiger partial charge in [-0.1, -0.05) is 13.8 Å². The Labute approximate surface area is 110 Å². The van der Waals surface area contributed by atoms with Gasteiger partial charge in [0.05, 0.1) is 5.60 Å². The van der Waals surface area contributed by atoms with E-state index in [0.29, 0.717) is 39.1 Å². The van der Waals surface area contributed by atoms with Crippen LogP contribution < -0.4 is 0 Å². The maximum absolute atomic E-state index is 11.3. The van der Waals surface area contributed by atoms with Gasteiger partial charge in [0, 0.05) is 44.6 Å². The fourth-order valence-electron chi connectivity index (χ4n) is 2.68. The first kappa shape index (κ1) is 15.6. The minimum absolute atomic E-state index is 0.268. The quantitative estimate of drug-likeness (QED) is 0.702. The van der Waals surface area contributed by atoms with Crippen molar-refractivity contribution in [1.29, 1.82) is 0 Å². The van der Waals surface area contributed by atoms with Crippen molar-refractivity contribution in [3.8, 4) is 0 Å². The first-order valence-electron chi connectivity index (χ1n) is 6.94. The Morgan fingerprint density at radius 2 is 1.89 bits per heavy atom. The molecule has 0 radical (unpaired) electrons. The van der Waals surface area contributed by atoms with Crippen LogP contribution in [0.3, 0.4) is 0 Å². The van der Waals surface area contributed by atoms with Gasteiger partial charge in [-0.25, -0.2) is 0 Å². The number of carbonyl (C=O) groups excluding carboxylic acids is 1. The summed E-state index contributed by atoms with van der Waals surface area (Å²) in [7, 11) is 1.98. The van der Waals surface area contributed by atoms with Gasteiger partial charge in [0.1, 0.15) is 6.29 Å². The van der Waals surface area contributed by atoms with Crippen LogP contribution in [0.2, 0.25) is 0 Å². The van der Waals surface area contributed by atoms with E-state index >= 15 is 0 Å². The summed E-state index contributed by atoms with van der Waals surface area (Å²) in [6.45, 7) is 6.69. The number of aldehydes is 1. The number of likely N-dealkylation sites (N-methyl/N-ethyl adjacent to an activating group) is 1. The molecule has 0 spiro atoms. The van der Waals surface area contributed by atoms with E-state index in [-0.39, 0.29) is 5.41 Å². The van der Waals surface area contributed by atoms with Crippen molar-refractivity contribution in [3.05, 3.63) is 0 Å². The lowest BCUT2D eigenvalue weighted by Gasteiger charge is -2.38. The second-order valence-corrected chi connectivity index (χ2v) is 5.70. The molecule has 0 unspecified atom stereocenters. The maximum atomic E-state index is 11.3. The largest absolute Gasteiger partial charge is 0.388 e. The molecule has 1 fully saturated rings. The smallest absolute Gasteiger partial charge is 0.127 e. The van der Waals surface area contributed by atoms with Crippen molar-refractivity contribution in [2.24, 2.45) is 5.41 Å². The number of ether oxygens (including phenoxy) is 1. The minimum Gasteiger partial charge on any atom is -0.388 e. The number of rotatable bonds is 7. The van der Waals surface area contributed by atoms with Gasteiger partial charge in [0.2, 0.25) is 0 Å². The lowest BCUT2D eigenvalue weighted by atomic mass is 9.83. The Balaban J connectivity index is 2.54. The molecule has 1 rings (SSSR count). The molecule has 0 bridgehead atoms. The first-order chi connectivity index (χ1) is 8.49. The Kier molecular flexibility index (Phi) is 5.76. The number of carbonyl (C=O) groups is 1. The van der Waals surface area contributed by atoms with Gasteiger partial charge in [0.15, 0.2) is 0 Å². The van der Waals surface area contributed by atoms with E-state index in [1.54, 1.807) is 0 Å². The lowest BCUT2D eigenvalue weighted by Crippen LogP contribution is -2.48. The molecule has 0 saturated carbocycles.